The second kappa shape index (κ2) is 3.69. The fourth-order valence-electron chi connectivity index (χ4n) is 2.56. The lowest BCUT2D eigenvalue weighted by Gasteiger charge is -2.27. The van der Waals surface area contributed by atoms with Crippen LogP contribution in [0.4, 0.5) is 0 Å². The summed E-state index contributed by atoms with van der Waals surface area (Å²) in [5.41, 5.74) is 0.527. The van der Waals surface area contributed by atoms with E-state index in [4.69, 9.17) is 9.79 Å². The average molecular weight is 232 g/mol. The predicted octanol–water partition coefficient (Wildman–Crippen LogP) is 1.70. The Balaban J connectivity index is 1.84. The first-order chi connectivity index (χ1) is 6.90. The number of ketones is 1. The van der Waals surface area contributed by atoms with Crippen LogP contribution in [-0.4, -0.2) is 21.7 Å². The van der Waals surface area contributed by atoms with Crippen molar-refractivity contribution in [2.24, 2.45) is 11.3 Å². The van der Waals surface area contributed by atoms with Crippen LogP contribution in [0.2, 0.25) is 0 Å². The zero-order valence-corrected chi connectivity index (χ0v) is 9.58. The summed E-state index contributed by atoms with van der Waals surface area (Å²) in [5.74, 6) is -0.331. The third-order valence-electron chi connectivity index (χ3n) is 3.82. The first kappa shape index (κ1) is 11.3. The SMILES string of the molecule is O=C(CP(=O)(O)O)C1CCC2(CC1)CC2. The van der Waals surface area contributed by atoms with Crippen molar-refractivity contribution >= 4 is 13.4 Å². The molecule has 0 unspecified atom stereocenters. The highest BCUT2D eigenvalue weighted by atomic mass is 31.2. The molecule has 0 aliphatic heterocycles. The van der Waals surface area contributed by atoms with Crippen molar-refractivity contribution in [3.05, 3.63) is 0 Å². The lowest BCUT2D eigenvalue weighted by Crippen LogP contribution is -2.24. The van der Waals surface area contributed by atoms with Crippen molar-refractivity contribution in [2.75, 3.05) is 6.16 Å². The smallest absolute Gasteiger partial charge is 0.324 e. The highest BCUT2D eigenvalue weighted by Crippen LogP contribution is 2.57. The molecule has 0 saturated heterocycles. The fraction of sp³-hybridized carbons (Fsp3) is 0.900. The zero-order chi connectivity index (χ0) is 11.1. The Morgan fingerprint density at radius 3 is 2.13 bits per heavy atom. The van der Waals surface area contributed by atoms with Gasteiger partial charge in [-0.2, -0.15) is 0 Å². The van der Waals surface area contributed by atoms with Crippen molar-refractivity contribution in [1.29, 1.82) is 0 Å². The van der Waals surface area contributed by atoms with Gasteiger partial charge in [-0.15, -0.1) is 0 Å². The largest absolute Gasteiger partial charge is 0.332 e. The number of carbonyl (C=O) groups is 1. The quantitative estimate of drug-likeness (QED) is 0.726. The van der Waals surface area contributed by atoms with Crippen LogP contribution in [0, 0.1) is 11.3 Å². The van der Waals surface area contributed by atoms with Gasteiger partial charge < -0.3 is 9.79 Å². The molecule has 0 aromatic heterocycles. The maximum absolute atomic E-state index is 11.6. The molecule has 0 amide bonds. The molecule has 0 radical (unpaired) electrons. The van der Waals surface area contributed by atoms with Gasteiger partial charge in [-0.05, 0) is 43.9 Å². The molecule has 1 spiro atoms. The molecule has 86 valence electrons. The van der Waals surface area contributed by atoms with Crippen LogP contribution in [0.15, 0.2) is 0 Å². The van der Waals surface area contributed by atoms with Crippen molar-refractivity contribution < 1.29 is 19.1 Å². The van der Waals surface area contributed by atoms with Gasteiger partial charge in [0, 0.05) is 5.92 Å². The molecule has 0 heterocycles. The van der Waals surface area contributed by atoms with E-state index in [2.05, 4.69) is 0 Å². The summed E-state index contributed by atoms with van der Waals surface area (Å²) < 4.78 is 10.7. The first-order valence-electron chi connectivity index (χ1n) is 5.48. The highest BCUT2D eigenvalue weighted by molar-refractivity contribution is 7.52. The van der Waals surface area contributed by atoms with Crippen molar-refractivity contribution in [3.63, 3.8) is 0 Å². The van der Waals surface area contributed by atoms with Gasteiger partial charge in [-0.3, -0.25) is 9.36 Å². The monoisotopic (exact) mass is 232 g/mol. The fourth-order valence-corrected chi connectivity index (χ4v) is 3.23. The second-order valence-electron chi connectivity index (χ2n) is 5.06. The molecular formula is C10H17O4P. The molecular weight excluding hydrogens is 215 g/mol. The molecule has 2 N–H and O–H groups in total. The molecule has 4 nitrogen and oxygen atoms in total. The topological polar surface area (TPSA) is 74.6 Å². The number of carbonyl (C=O) groups excluding carboxylic acids is 1. The second-order valence-corrected chi connectivity index (χ2v) is 6.71. The van der Waals surface area contributed by atoms with E-state index in [9.17, 15) is 9.36 Å². The van der Waals surface area contributed by atoms with E-state index in [1.807, 2.05) is 0 Å². The van der Waals surface area contributed by atoms with E-state index in [1.54, 1.807) is 0 Å². The average Bonchev–Trinajstić information content (AvgIpc) is 2.83. The third kappa shape index (κ3) is 2.90. The summed E-state index contributed by atoms with van der Waals surface area (Å²) in [6, 6.07) is 0. The van der Waals surface area contributed by atoms with Crippen LogP contribution >= 0.6 is 7.60 Å². The molecule has 0 aromatic carbocycles. The summed E-state index contributed by atoms with van der Waals surface area (Å²) in [7, 11) is -4.15. The lowest BCUT2D eigenvalue weighted by molar-refractivity contribution is -0.121. The third-order valence-corrected chi connectivity index (χ3v) is 4.54. The summed E-state index contributed by atoms with van der Waals surface area (Å²) in [6.45, 7) is 0. The van der Waals surface area contributed by atoms with Crippen LogP contribution < -0.4 is 0 Å². The van der Waals surface area contributed by atoms with E-state index in [-0.39, 0.29) is 11.7 Å². The molecule has 0 bridgehead atoms. The molecule has 2 aliphatic rings. The Hall–Kier alpha value is -0.180. The van der Waals surface area contributed by atoms with Gasteiger partial charge in [-0.1, -0.05) is 0 Å². The molecule has 2 fully saturated rings. The van der Waals surface area contributed by atoms with Crippen molar-refractivity contribution in [2.45, 2.75) is 38.5 Å². The van der Waals surface area contributed by atoms with Gasteiger partial charge in [0.1, 0.15) is 11.9 Å². The summed E-state index contributed by atoms with van der Waals surface area (Å²) in [6.07, 6.45) is 5.82. The van der Waals surface area contributed by atoms with Crippen LogP contribution in [0.1, 0.15) is 38.5 Å². The maximum atomic E-state index is 11.6. The summed E-state index contributed by atoms with van der Waals surface area (Å²) >= 11 is 0. The maximum Gasteiger partial charge on any atom is 0.332 e. The molecule has 5 heteroatoms. The van der Waals surface area contributed by atoms with Crippen LogP contribution in [0.3, 0.4) is 0 Å². The van der Waals surface area contributed by atoms with E-state index in [0.29, 0.717) is 5.41 Å². The summed E-state index contributed by atoms with van der Waals surface area (Å²) in [5, 5.41) is 0. The Morgan fingerprint density at radius 1 is 1.20 bits per heavy atom. The summed E-state index contributed by atoms with van der Waals surface area (Å²) in [4.78, 5) is 29.0. The van der Waals surface area contributed by atoms with Gasteiger partial charge in [0.2, 0.25) is 0 Å². The Labute approximate surface area is 89.2 Å². The number of rotatable bonds is 3. The van der Waals surface area contributed by atoms with Gasteiger partial charge in [0.25, 0.3) is 0 Å². The van der Waals surface area contributed by atoms with Crippen LogP contribution in [0.25, 0.3) is 0 Å². The predicted molar refractivity (Wildman–Crippen MR) is 55.5 cm³/mol. The van der Waals surface area contributed by atoms with E-state index in [1.165, 1.54) is 12.8 Å². The normalized spacial score (nSPS) is 25.5. The molecule has 2 saturated carbocycles. The van der Waals surface area contributed by atoms with Crippen molar-refractivity contribution in [1.82, 2.24) is 0 Å². The van der Waals surface area contributed by atoms with Crippen molar-refractivity contribution in [3.8, 4) is 0 Å². The Bertz CT molecular complexity index is 305. The van der Waals surface area contributed by atoms with E-state index >= 15 is 0 Å². The molecule has 15 heavy (non-hydrogen) atoms. The minimum atomic E-state index is -4.15. The zero-order valence-electron chi connectivity index (χ0n) is 8.69. The number of hydrogen-bond donors (Lipinski definition) is 2. The standard InChI is InChI=1S/C10H17O4P/c11-9(7-15(12,13)14)8-1-3-10(4-2-8)5-6-10/h8H,1-7H2,(H2,12,13,14). The lowest BCUT2D eigenvalue weighted by atomic mass is 9.78. The van der Waals surface area contributed by atoms with Crippen LogP contribution in [-0.2, 0) is 9.36 Å². The van der Waals surface area contributed by atoms with Crippen LogP contribution in [0.5, 0.6) is 0 Å². The minimum Gasteiger partial charge on any atom is -0.324 e. The Morgan fingerprint density at radius 2 is 1.73 bits per heavy atom. The van der Waals surface area contributed by atoms with E-state index in [0.717, 1.165) is 25.7 Å². The molecule has 0 atom stereocenters. The van der Waals surface area contributed by atoms with Gasteiger partial charge in [0.05, 0.1) is 0 Å². The Kier molecular flexibility index (Phi) is 2.78. The van der Waals surface area contributed by atoms with E-state index < -0.39 is 13.8 Å². The van der Waals surface area contributed by atoms with Gasteiger partial charge in [0.15, 0.2) is 0 Å². The van der Waals surface area contributed by atoms with Gasteiger partial charge in [-0.25, -0.2) is 0 Å². The first-order valence-corrected chi connectivity index (χ1v) is 7.27. The van der Waals surface area contributed by atoms with Gasteiger partial charge >= 0.3 is 7.60 Å². The molecule has 2 rings (SSSR count). The highest BCUT2D eigenvalue weighted by Gasteiger charge is 2.46. The number of hydrogen-bond acceptors (Lipinski definition) is 2. The number of Topliss-reactive ketones (excluding diaryl/α,β-unsaturated/α-hetero) is 1. The molecule has 0 aromatic rings. The minimum absolute atomic E-state index is 0.0937. The molecule has 2 aliphatic carbocycles.